The van der Waals surface area contributed by atoms with Gasteiger partial charge >= 0.3 is 5.97 Å². The van der Waals surface area contributed by atoms with Crippen LogP contribution >= 0.6 is 0 Å². The van der Waals surface area contributed by atoms with Gasteiger partial charge in [0.25, 0.3) is 0 Å². The minimum Gasteiger partial charge on any atom is -0.466 e. The second kappa shape index (κ2) is 36.0. The van der Waals surface area contributed by atoms with E-state index in [0.29, 0.717) is 13.0 Å². The summed E-state index contributed by atoms with van der Waals surface area (Å²) in [6, 6.07) is 0. The van der Waals surface area contributed by atoms with Gasteiger partial charge in [-0.3, -0.25) is 4.79 Å². The van der Waals surface area contributed by atoms with Crippen molar-refractivity contribution < 1.29 is 9.53 Å². The second-order valence-electron chi connectivity index (χ2n) is 12.2. The molecule has 0 radical (unpaired) electrons. The van der Waals surface area contributed by atoms with Crippen LogP contribution < -0.4 is 0 Å². The molecule has 0 aliphatic rings. The van der Waals surface area contributed by atoms with Crippen LogP contribution in [0.25, 0.3) is 0 Å². The van der Waals surface area contributed by atoms with E-state index < -0.39 is 0 Å². The summed E-state index contributed by atoms with van der Waals surface area (Å²) in [7, 11) is 0. The topological polar surface area (TPSA) is 26.3 Å². The Kier molecular flexibility index (Phi) is 35.0. The van der Waals surface area contributed by atoms with Crippen LogP contribution in [0, 0.1) is 0 Å². The van der Waals surface area contributed by atoms with Gasteiger partial charge in [-0.25, -0.2) is 0 Å². The Labute approximate surface area is 252 Å². The number of hydrogen-bond acceptors (Lipinski definition) is 2. The average Bonchev–Trinajstić information content (AvgIpc) is 2.96. The minimum absolute atomic E-state index is 0.0143. The van der Waals surface area contributed by atoms with Crippen molar-refractivity contribution in [2.24, 2.45) is 0 Å². The third-order valence-corrected chi connectivity index (χ3v) is 8.06. The third-order valence-electron chi connectivity index (χ3n) is 8.06. The Morgan fingerprint density at radius 2 is 0.700 bits per heavy atom. The number of ether oxygens (including phenoxy) is 1. The van der Waals surface area contributed by atoms with Gasteiger partial charge in [0.1, 0.15) is 0 Å². The molecule has 0 unspecified atom stereocenters. The number of allylic oxidation sites excluding steroid dienone is 4. The molecule has 0 aliphatic carbocycles. The van der Waals surface area contributed by atoms with Gasteiger partial charge in [-0.1, -0.05) is 160 Å². The van der Waals surface area contributed by atoms with Crippen molar-refractivity contribution in [3.63, 3.8) is 0 Å². The van der Waals surface area contributed by atoms with Gasteiger partial charge in [-0.05, 0) is 64.2 Å². The molecule has 236 valence electrons. The molecule has 0 spiro atoms. The highest BCUT2D eigenvalue weighted by Crippen LogP contribution is 2.13. The second-order valence-corrected chi connectivity index (χ2v) is 12.2. The molecule has 0 N–H and O–H groups in total. The maximum atomic E-state index is 11.9. The van der Waals surface area contributed by atoms with E-state index in [-0.39, 0.29) is 5.97 Å². The molecule has 0 rings (SSSR count). The highest BCUT2D eigenvalue weighted by atomic mass is 16.5. The number of carbonyl (C=O) groups is 1. The summed E-state index contributed by atoms with van der Waals surface area (Å²) in [5.74, 6) is 0.0143. The molecule has 0 aromatic carbocycles. The van der Waals surface area contributed by atoms with Crippen molar-refractivity contribution in [1.29, 1.82) is 0 Å². The molecule has 0 amide bonds. The van der Waals surface area contributed by atoms with Gasteiger partial charge in [-0.2, -0.15) is 0 Å². The van der Waals surface area contributed by atoms with Crippen LogP contribution in [-0.4, -0.2) is 12.6 Å². The zero-order valence-corrected chi connectivity index (χ0v) is 27.5. The molecule has 40 heavy (non-hydrogen) atoms. The Morgan fingerprint density at radius 3 is 1.07 bits per heavy atom. The predicted molar refractivity (Wildman–Crippen MR) is 179 cm³/mol. The first kappa shape index (κ1) is 39.0. The molecular formula is C38H72O2. The maximum absolute atomic E-state index is 11.9. The number of rotatable bonds is 33. The van der Waals surface area contributed by atoms with Crippen LogP contribution in [0.2, 0.25) is 0 Å². The van der Waals surface area contributed by atoms with Crippen molar-refractivity contribution in [2.45, 2.75) is 206 Å². The zero-order valence-electron chi connectivity index (χ0n) is 27.5. The van der Waals surface area contributed by atoms with Crippen LogP contribution in [0.5, 0.6) is 0 Å². The summed E-state index contributed by atoms with van der Waals surface area (Å²) < 4.78 is 5.44. The fourth-order valence-electron chi connectivity index (χ4n) is 5.30. The molecule has 0 bridgehead atoms. The quantitative estimate of drug-likeness (QED) is 0.0453. The van der Waals surface area contributed by atoms with E-state index in [1.54, 1.807) is 0 Å². The van der Waals surface area contributed by atoms with E-state index in [1.807, 2.05) is 0 Å². The van der Waals surface area contributed by atoms with E-state index in [0.717, 1.165) is 12.8 Å². The molecule has 2 nitrogen and oxygen atoms in total. The molecule has 0 aromatic heterocycles. The van der Waals surface area contributed by atoms with Crippen molar-refractivity contribution in [1.82, 2.24) is 0 Å². The van der Waals surface area contributed by atoms with Crippen LogP contribution in [0.1, 0.15) is 206 Å². The Balaban J connectivity index is 3.22. The van der Waals surface area contributed by atoms with Crippen molar-refractivity contribution in [3.05, 3.63) is 24.3 Å². The molecule has 0 aliphatic heterocycles. The summed E-state index contributed by atoms with van der Waals surface area (Å²) >= 11 is 0. The van der Waals surface area contributed by atoms with Crippen molar-refractivity contribution in [2.75, 3.05) is 6.61 Å². The van der Waals surface area contributed by atoms with E-state index in [9.17, 15) is 4.79 Å². The zero-order chi connectivity index (χ0) is 29.0. The Hall–Kier alpha value is -1.05. The lowest BCUT2D eigenvalue weighted by molar-refractivity contribution is -0.143. The number of esters is 1. The standard InChI is InChI=1S/C38H72O2/c1-3-5-7-9-11-13-15-17-19-21-22-24-26-28-30-32-34-36-38(39)40-37-35-33-31-29-27-25-23-20-18-16-14-12-10-8-6-4-2/h17-20H,3-16,21-37H2,1-2H3/b19-17-,20-18-. The van der Waals surface area contributed by atoms with Crippen LogP contribution in [0.4, 0.5) is 0 Å². The highest BCUT2D eigenvalue weighted by Gasteiger charge is 2.02. The lowest BCUT2D eigenvalue weighted by Crippen LogP contribution is -2.05. The Morgan fingerprint density at radius 1 is 0.400 bits per heavy atom. The molecule has 2 heteroatoms. The maximum Gasteiger partial charge on any atom is 0.305 e. The first-order valence-electron chi connectivity index (χ1n) is 18.3. The molecule has 0 saturated carbocycles. The largest absolute Gasteiger partial charge is 0.466 e. The monoisotopic (exact) mass is 561 g/mol. The summed E-state index contributed by atoms with van der Waals surface area (Å²) in [5.41, 5.74) is 0. The third kappa shape index (κ3) is 35.0. The van der Waals surface area contributed by atoms with Crippen LogP contribution in [-0.2, 0) is 9.53 Å². The van der Waals surface area contributed by atoms with E-state index in [4.69, 9.17) is 4.74 Å². The average molecular weight is 561 g/mol. The molecule has 0 saturated heterocycles. The number of hydrogen-bond donors (Lipinski definition) is 0. The lowest BCUT2D eigenvalue weighted by atomic mass is 10.1. The lowest BCUT2D eigenvalue weighted by Gasteiger charge is -2.05. The normalized spacial score (nSPS) is 11.8. The number of carbonyl (C=O) groups excluding carboxylic acids is 1. The molecular weight excluding hydrogens is 488 g/mol. The summed E-state index contributed by atoms with van der Waals surface area (Å²) in [6.07, 6.45) is 48.1. The smallest absolute Gasteiger partial charge is 0.305 e. The van der Waals surface area contributed by atoms with Gasteiger partial charge in [0.05, 0.1) is 6.61 Å². The molecule has 0 fully saturated rings. The van der Waals surface area contributed by atoms with Crippen LogP contribution in [0.3, 0.4) is 0 Å². The van der Waals surface area contributed by atoms with Gasteiger partial charge in [-0.15, -0.1) is 0 Å². The van der Waals surface area contributed by atoms with Gasteiger partial charge in [0, 0.05) is 6.42 Å². The van der Waals surface area contributed by atoms with Gasteiger partial charge < -0.3 is 4.74 Å². The van der Waals surface area contributed by atoms with Gasteiger partial charge in [0.15, 0.2) is 0 Å². The van der Waals surface area contributed by atoms with E-state index in [1.165, 1.54) is 173 Å². The molecule has 0 aromatic rings. The summed E-state index contributed by atoms with van der Waals surface area (Å²) in [5, 5.41) is 0. The predicted octanol–water partition coefficient (Wildman–Crippen LogP) is 13.4. The van der Waals surface area contributed by atoms with Crippen molar-refractivity contribution in [3.8, 4) is 0 Å². The SMILES string of the molecule is CCCCCCCC/C=C\CCCCCCCCCC(=O)OCCCCCCCC/C=C\CCCCCCCC. The van der Waals surface area contributed by atoms with Crippen molar-refractivity contribution >= 4 is 5.97 Å². The first-order valence-corrected chi connectivity index (χ1v) is 18.3. The highest BCUT2D eigenvalue weighted by molar-refractivity contribution is 5.69. The first-order chi connectivity index (χ1) is 19.8. The Bertz CT molecular complexity index is 490. The summed E-state index contributed by atoms with van der Waals surface area (Å²) in [4.78, 5) is 11.9. The number of unbranched alkanes of at least 4 members (excludes halogenated alkanes) is 25. The van der Waals surface area contributed by atoms with Crippen LogP contribution in [0.15, 0.2) is 24.3 Å². The van der Waals surface area contributed by atoms with E-state index in [2.05, 4.69) is 38.2 Å². The van der Waals surface area contributed by atoms with E-state index >= 15 is 0 Å². The van der Waals surface area contributed by atoms with Gasteiger partial charge in [0.2, 0.25) is 0 Å². The molecule has 0 atom stereocenters. The fraction of sp³-hybridized carbons (Fsp3) is 0.868. The molecule has 0 heterocycles. The summed E-state index contributed by atoms with van der Waals surface area (Å²) in [6.45, 7) is 5.18. The fourth-order valence-corrected chi connectivity index (χ4v) is 5.30. The minimum atomic E-state index is 0.0143.